The van der Waals surface area contributed by atoms with Crippen LogP contribution in [0.3, 0.4) is 0 Å². The highest BCUT2D eigenvalue weighted by Crippen LogP contribution is 2.42. The predicted octanol–water partition coefficient (Wildman–Crippen LogP) is 6.62. The van der Waals surface area contributed by atoms with Gasteiger partial charge in [0.2, 0.25) is 0 Å². The first-order chi connectivity index (χ1) is 10.1. The Morgan fingerprint density at radius 1 is 0.957 bits per heavy atom. The molecule has 0 saturated heterocycles. The van der Waals surface area contributed by atoms with Gasteiger partial charge in [-0.2, -0.15) is 0 Å². The van der Waals surface area contributed by atoms with E-state index in [9.17, 15) is 0 Å². The molecule has 23 heavy (non-hydrogen) atoms. The summed E-state index contributed by atoms with van der Waals surface area (Å²) in [7, 11) is -1.98. The Morgan fingerprint density at radius 2 is 1.43 bits per heavy atom. The Bertz CT molecular complexity index is 614. The third kappa shape index (κ3) is 4.72. The molecular formula is C20H31BrOSi. The fourth-order valence-electron chi connectivity index (χ4n) is 2.13. The lowest BCUT2D eigenvalue weighted by Crippen LogP contribution is -2.47. The summed E-state index contributed by atoms with van der Waals surface area (Å²) in [6.45, 7) is 19.8. The van der Waals surface area contributed by atoms with E-state index in [1.54, 1.807) is 0 Å². The Hall–Kier alpha value is -0.563. The third-order valence-electron chi connectivity index (χ3n) is 4.86. The number of terminal acetylenes is 1. The van der Waals surface area contributed by atoms with Crippen LogP contribution in [0.5, 0.6) is 0 Å². The maximum atomic E-state index is 6.63. The van der Waals surface area contributed by atoms with Crippen LogP contribution >= 0.6 is 15.9 Å². The van der Waals surface area contributed by atoms with Gasteiger partial charge < -0.3 is 4.43 Å². The highest BCUT2D eigenvalue weighted by molar-refractivity contribution is 9.10. The molecule has 0 bridgehead atoms. The second-order valence-corrected chi connectivity index (χ2v) is 14.7. The fourth-order valence-corrected chi connectivity index (χ4v) is 4.13. The van der Waals surface area contributed by atoms with E-state index in [2.05, 4.69) is 94.7 Å². The summed E-state index contributed by atoms with van der Waals surface area (Å²) in [5.41, 5.74) is 1.64. The molecule has 0 aliphatic carbocycles. The molecule has 3 heteroatoms. The van der Waals surface area contributed by atoms with Gasteiger partial charge in [0.15, 0.2) is 8.32 Å². The van der Waals surface area contributed by atoms with E-state index in [1.807, 2.05) is 6.92 Å². The second kappa shape index (κ2) is 6.39. The molecule has 0 amide bonds. The van der Waals surface area contributed by atoms with Gasteiger partial charge in [-0.15, -0.1) is 6.42 Å². The number of benzene rings is 1. The topological polar surface area (TPSA) is 9.23 Å². The van der Waals surface area contributed by atoms with Crippen molar-refractivity contribution in [2.75, 3.05) is 0 Å². The molecule has 1 aromatic rings. The Morgan fingerprint density at radius 3 is 1.83 bits per heavy atom. The molecule has 128 valence electrons. The number of halogens is 1. The Balaban J connectivity index is 3.41. The summed E-state index contributed by atoms with van der Waals surface area (Å²) in [5, 5.41) is 0.115. The van der Waals surface area contributed by atoms with Gasteiger partial charge in [0.25, 0.3) is 0 Å². The van der Waals surface area contributed by atoms with Crippen molar-refractivity contribution in [2.45, 2.75) is 77.6 Å². The molecule has 0 N–H and O–H groups in total. The van der Waals surface area contributed by atoms with Gasteiger partial charge in [0.1, 0.15) is 5.60 Å². The summed E-state index contributed by atoms with van der Waals surface area (Å²) < 4.78 is 7.67. The molecule has 0 radical (unpaired) electrons. The van der Waals surface area contributed by atoms with Gasteiger partial charge in [0.05, 0.1) is 0 Å². The van der Waals surface area contributed by atoms with Gasteiger partial charge in [-0.25, -0.2) is 0 Å². The third-order valence-corrected chi connectivity index (χ3v) is 9.84. The van der Waals surface area contributed by atoms with Crippen LogP contribution in [0.1, 0.15) is 59.6 Å². The predicted molar refractivity (Wildman–Crippen MR) is 107 cm³/mol. The minimum atomic E-state index is -1.98. The summed E-state index contributed by atoms with van der Waals surface area (Å²) in [4.78, 5) is 0. The second-order valence-electron chi connectivity index (χ2n) is 9.02. The fraction of sp³-hybridized carbons (Fsp3) is 0.600. The standard InChI is InChI=1S/C20H31BrOSi/c1-11-20(8,22-23(9,10)19(5,6)7)16-12-15(18(2,3)4)13-17(21)14-16/h1,12-14H,2-10H3/t20-/m1/s1. The summed E-state index contributed by atoms with van der Waals surface area (Å²) in [6, 6.07) is 6.44. The molecular weight excluding hydrogens is 364 g/mol. The minimum absolute atomic E-state index is 0.0605. The van der Waals surface area contributed by atoms with Crippen molar-refractivity contribution in [3.8, 4) is 12.3 Å². The van der Waals surface area contributed by atoms with Crippen LogP contribution in [-0.4, -0.2) is 8.32 Å². The molecule has 0 saturated carbocycles. The van der Waals surface area contributed by atoms with Crippen molar-refractivity contribution in [1.29, 1.82) is 0 Å². The first-order valence-electron chi connectivity index (χ1n) is 8.12. The lowest BCUT2D eigenvalue weighted by molar-refractivity contribution is 0.131. The first kappa shape index (κ1) is 20.5. The van der Waals surface area contributed by atoms with Gasteiger partial charge in [-0.1, -0.05) is 69.5 Å². The van der Waals surface area contributed by atoms with Crippen molar-refractivity contribution in [3.63, 3.8) is 0 Å². The van der Waals surface area contributed by atoms with Crippen molar-refractivity contribution in [3.05, 3.63) is 33.8 Å². The zero-order chi connectivity index (χ0) is 18.3. The van der Waals surface area contributed by atoms with E-state index in [-0.39, 0.29) is 10.5 Å². The van der Waals surface area contributed by atoms with Crippen molar-refractivity contribution in [1.82, 2.24) is 0 Å². The summed E-state index contributed by atoms with van der Waals surface area (Å²) >= 11 is 3.63. The maximum absolute atomic E-state index is 6.63. The molecule has 0 fully saturated rings. The molecule has 1 aromatic carbocycles. The normalized spacial score (nSPS) is 15.9. The zero-order valence-electron chi connectivity index (χ0n) is 16.1. The highest BCUT2D eigenvalue weighted by Gasteiger charge is 2.43. The van der Waals surface area contributed by atoms with Crippen LogP contribution in [-0.2, 0) is 15.4 Å². The molecule has 0 aliphatic heterocycles. The van der Waals surface area contributed by atoms with E-state index in [1.165, 1.54) is 5.56 Å². The largest absolute Gasteiger partial charge is 0.397 e. The maximum Gasteiger partial charge on any atom is 0.194 e. The van der Waals surface area contributed by atoms with Crippen LogP contribution in [0.25, 0.3) is 0 Å². The zero-order valence-corrected chi connectivity index (χ0v) is 18.7. The van der Waals surface area contributed by atoms with Crippen molar-refractivity contribution >= 4 is 24.2 Å². The van der Waals surface area contributed by atoms with Gasteiger partial charge in [-0.3, -0.25) is 0 Å². The molecule has 1 atom stereocenters. The van der Waals surface area contributed by atoms with E-state index in [0.717, 1.165) is 10.0 Å². The monoisotopic (exact) mass is 394 g/mol. The van der Waals surface area contributed by atoms with Crippen LogP contribution < -0.4 is 0 Å². The van der Waals surface area contributed by atoms with Crippen LogP contribution in [0, 0.1) is 12.3 Å². The SMILES string of the molecule is C#C[C@@](C)(O[Si](C)(C)C(C)(C)C)c1cc(Br)cc(C(C)(C)C)c1. The summed E-state index contributed by atoms with van der Waals surface area (Å²) in [5.74, 6) is 2.92. The van der Waals surface area contributed by atoms with Gasteiger partial charge in [0, 0.05) is 4.47 Å². The average molecular weight is 395 g/mol. The Labute approximate surface area is 152 Å². The minimum Gasteiger partial charge on any atom is -0.397 e. The molecule has 0 heterocycles. The lowest BCUT2D eigenvalue weighted by Gasteiger charge is -2.42. The number of hydrogen-bond acceptors (Lipinski definition) is 1. The van der Waals surface area contributed by atoms with Crippen molar-refractivity contribution < 1.29 is 4.43 Å². The molecule has 0 spiro atoms. The van der Waals surface area contributed by atoms with E-state index in [4.69, 9.17) is 10.8 Å². The average Bonchev–Trinajstić information content (AvgIpc) is 2.35. The van der Waals surface area contributed by atoms with Crippen LogP contribution in [0.2, 0.25) is 18.1 Å². The molecule has 1 nitrogen and oxygen atoms in total. The molecule has 1 rings (SSSR count). The highest BCUT2D eigenvalue weighted by atomic mass is 79.9. The van der Waals surface area contributed by atoms with E-state index in [0.29, 0.717) is 0 Å². The summed E-state index contributed by atoms with van der Waals surface area (Å²) in [6.07, 6.45) is 5.93. The van der Waals surface area contributed by atoms with Crippen molar-refractivity contribution in [2.24, 2.45) is 0 Å². The quantitative estimate of drug-likeness (QED) is 0.413. The molecule has 0 unspecified atom stereocenters. The first-order valence-corrected chi connectivity index (χ1v) is 11.8. The van der Waals surface area contributed by atoms with E-state index < -0.39 is 13.9 Å². The van der Waals surface area contributed by atoms with Crippen LogP contribution in [0.15, 0.2) is 22.7 Å². The van der Waals surface area contributed by atoms with Crippen LogP contribution in [0.4, 0.5) is 0 Å². The molecule has 0 aliphatic rings. The number of hydrogen-bond donors (Lipinski definition) is 0. The molecule has 0 aromatic heterocycles. The Kier molecular flexibility index (Phi) is 5.69. The smallest absolute Gasteiger partial charge is 0.194 e. The lowest BCUT2D eigenvalue weighted by atomic mass is 9.84. The van der Waals surface area contributed by atoms with Gasteiger partial charge in [-0.05, 0) is 53.7 Å². The van der Waals surface area contributed by atoms with E-state index >= 15 is 0 Å². The van der Waals surface area contributed by atoms with Gasteiger partial charge >= 0.3 is 0 Å². The number of rotatable bonds is 3.